The number of nitro groups is 1. The van der Waals surface area contributed by atoms with Crippen molar-refractivity contribution in [2.45, 2.75) is 20.0 Å². The number of benzene rings is 3. The molecule has 7 heteroatoms. The van der Waals surface area contributed by atoms with Gasteiger partial charge in [0.15, 0.2) is 6.10 Å². The van der Waals surface area contributed by atoms with Crippen molar-refractivity contribution in [1.82, 2.24) is 0 Å². The van der Waals surface area contributed by atoms with Crippen LogP contribution in [-0.2, 0) is 0 Å². The van der Waals surface area contributed by atoms with Crippen LogP contribution in [0.25, 0.3) is 0 Å². The lowest BCUT2D eigenvalue weighted by atomic mass is 10.1. The van der Waals surface area contributed by atoms with Crippen LogP contribution in [0, 0.1) is 17.0 Å². The van der Waals surface area contributed by atoms with Gasteiger partial charge in [0.2, 0.25) is 5.78 Å². The van der Waals surface area contributed by atoms with E-state index in [4.69, 9.17) is 4.74 Å². The van der Waals surface area contributed by atoms with Crippen molar-refractivity contribution in [1.29, 1.82) is 0 Å². The maximum absolute atomic E-state index is 12.5. The van der Waals surface area contributed by atoms with Crippen molar-refractivity contribution in [3.05, 3.63) is 99.6 Å². The van der Waals surface area contributed by atoms with Gasteiger partial charge in [-0.15, -0.1) is 0 Å². The maximum Gasteiger partial charge on any atom is 0.270 e. The minimum atomic E-state index is -0.713. The minimum Gasteiger partial charge on any atom is -0.482 e. The minimum absolute atomic E-state index is 0.152. The van der Waals surface area contributed by atoms with Crippen LogP contribution < -0.4 is 10.1 Å². The van der Waals surface area contributed by atoms with Crippen LogP contribution in [0.5, 0.6) is 5.75 Å². The first-order valence-corrected chi connectivity index (χ1v) is 9.27. The third kappa shape index (κ3) is 5.08. The molecule has 0 unspecified atom stereocenters. The number of carbonyl (C=O) groups excluding carboxylic acids is 2. The number of amides is 1. The molecular formula is C23H20N2O5. The van der Waals surface area contributed by atoms with Crippen molar-refractivity contribution in [2.24, 2.45) is 0 Å². The van der Waals surface area contributed by atoms with Crippen molar-refractivity contribution in [3.8, 4) is 5.75 Å². The van der Waals surface area contributed by atoms with Gasteiger partial charge in [0, 0.05) is 35.0 Å². The molecule has 0 aliphatic heterocycles. The van der Waals surface area contributed by atoms with Crippen molar-refractivity contribution >= 4 is 23.1 Å². The summed E-state index contributed by atoms with van der Waals surface area (Å²) in [7, 11) is 0. The Morgan fingerprint density at radius 2 is 1.67 bits per heavy atom. The summed E-state index contributed by atoms with van der Waals surface area (Å²) in [5.74, 6) is -0.222. The number of ether oxygens (including phenoxy) is 1. The molecule has 1 atom stereocenters. The van der Waals surface area contributed by atoms with E-state index < -0.39 is 16.9 Å². The van der Waals surface area contributed by atoms with Gasteiger partial charge >= 0.3 is 0 Å². The molecule has 7 nitrogen and oxygen atoms in total. The van der Waals surface area contributed by atoms with Gasteiger partial charge < -0.3 is 10.1 Å². The van der Waals surface area contributed by atoms with E-state index in [1.165, 1.54) is 24.3 Å². The number of aryl methyl sites for hydroxylation is 1. The number of rotatable bonds is 7. The number of nitro benzene ring substituents is 1. The highest BCUT2D eigenvalue weighted by atomic mass is 16.6. The van der Waals surface area contributed by atoms with E-state index in [0.29, 0.717) is 17.0 Å². The Balaban J connectivity index is 1.69. The Labute approximate surface area is 173 Å². The first-order chi connectivity index (χ1) is 14.3. The molecule has 0 spiro atoms. The Morgan fingerprint density at radius 3 is 2.37 bits per heavy atom. The first-order valence-electron chi connectivity index (χ1n) is 9.27. The Bertz CT molecular complexity index is 1090. The van der Waals surface area contributed by atoms with E-state index >= 15 is 0 Å². The monoisotopic (exact) mass is 404 g/mol. The second kappa shape index (κ2) is 9.00. The van der Waals surface area contributed by atoms with E-state index in [1.54, 1.807) is 43.3 Å². The highest BCUT2D eigenvalue weighted by molar-refractivity contribution is 6.04. The predicted molar refractivity (Wildman–Crippen MR) is 113 cm³/mol. The maximum atomic E-state index is 12.5. The van der Waals surface area contributed by atoms with Crippen LogP contribution in [0.1, 0.15) is 33.2 Å². The standard InChI is InChI=1S/C23H20N2O5/c1-15-9-11-17(12-10-15)22(26)16(2)30-21-8-4-6-19(14-21)24-23(27)18-5-3-7-20(13-18)25(28)29/h3-14,16H,1-2H3,(H,24,27)/t16-/m1/s1. The van der Waals surface area contributed by atoms with Crippen LogP contribution in [0.15, 0.2) is 72.8 Å². The van der Waals surface area contributed by atoms with Crippen LogP contribution >= 0.6 is 0 Å². The van der Waals surface area contributed by atoms with E-state index in [2.05, 4.69) is 5.32 Å². The van der Waals surface area contributed by atoms with Crippen molar-refractivity contribution in [3.63, 3.8) is 0 Å². The molecule has 0 saturated carbocycles. The number of non-ortho nitro benzene ring substituents is 1. The van der Waals surface area contributed by atoms with Gasteiger partial charge in [0.25, 0.3) is 11.6 Å². The number of nitrogens with zero attached hydrogens (tertiary/aromatic N) is 1. The van der Waals surface area contributed by atoms with Gasteiger partial charge in [-0.05, 0) is 32.0 Å². The zero-order chi connectivity index (χ0) is 21.7. The lowest BCUT2D eigenvalue weighted by Gasteiger charge is -2.15. The Kier molecular flexibility index (Phi) is 6.22. The van der Waals surface area contributed by atoms with Crippen molar-refractivity contribution in [2.75, 3.05) is 5.32 Å². The van der Waals surface area contributed by atoms with E-state index in [-0.39, 0.29) is 17.0 Å². The number of hydrogen-bond acceptors (Lipinski definition) is 5. The molecule has 1 N–H and O–H groups in total. The van der Waals surface area contributed by atoms with Crippen LogP contribution in [-0.4, -0.2) is 22.7 Å². The summed E-state index contributed by atoms with van der Waals surface area (Å²) in [6.45, 7) is 3.61. The lowest BCUT2D eigenvalue weighted by molar-refractivity contribution is -0.384. The molecule has 152 valence electrons. The molecule has 1 amide bonds. The molecular weight excluding hydrogens is 384 g/mol. The first kappa shape index (κ1) is 20.7. The summed E-state index contributed by atoms with van der Waals surface area (Å²) in [5.41, 5.74) is 2.07. The quantitative estimate of drug-likeness (QED) is 0.346. The summed E-state index contributed by atoms with van der Waals surface area (Å²) < 4.78 is 5.75. The highest BCUT2D eigenvalue weighted by Gasteiger charge is 2.17. The van der Waals surface area contributed by atoms with E-state index in [0.717, 1.165) is 5.56 Å². The molecule has 0 aromatic heterocycles. The number of anilines is 1. The summed E-state index contributed by atoms with van der Waals surface area (Å²) in [6.07, 6.45) is -0.713. The van der Waals surface area contributed by atoms with Crippen molar-refractivity contribution < 1.29 is 19.2 Å². The molecule has 3 rings (SSSR count). The zero-order valence-corrected chi connectivity index (χ0v) is 16.5. The van der Waals surface area contributed by atoms with Gasteiger partial charge in [-0.3, -0.25) is 19.7 Å². The predicted octanol–water partition coefficient (Wildman–Crippen LogP) is 4.81. The largest absolute Gasteiger partial charge is 0.482 e. The number of carbonyl (C=O) groups is 2. The number of nitrogens with one attached hydrogen (secondary N) is 1. The third-order valence-corrected chi connectivity index (χ3v) is 4.43. The average molecular weight is 404 g/mol. The Hall–Kier alpha value is -4.00. The van der Waals surface area contributed by atoms with Crippen LogP contribution in [0.4, 0.5) is 11.4 Å². The van der Waals surface area contributed by atoms with Gasteiger partial charge in [-0.2, -0.15) is 0 Å². The smallest absolute Gasteiger partial charge is 0.270 e. The fourth-order valence-electron chi connectivity index (χ4n) is 2.82. The van der Waals surface area contributed by atoms with Gasteiger partial charge in [0.1, 0.15) is 5.75 Å². The molecule has 0 heterocycles. The SMILES string of the molecule is Cc1ccc(C(=O)[C@@H](C)Oc2cccc(NC(=O)c3cccc([N+](=O)[O-])c3)c2)cc1. The van der Waals surface area contributed by atoms with E-state index in [1.807, 2.05) is 19.1 Å². The number of Topliss-reactive ketones (excluding diaryl/α,β-unsaturated/α-hetero) is 1. The molecule has 0 fully saturated rings. The molecule has 0 bridgehead atoms. The molecule has 0 saturated heterocycles. The fraction of sp³-hybridized carbons (Fsp3) is 0.130. The second-order valence-electron chi connectivity index (χ2n) is 6.78. The summed E-state index contributed by atoms with van der Waals surface area (Å²) in [5, 5.41) is 13.6. The summed E-state index contributed by atoms with van der Waals surface area (Å²) >= 11 is 0. The van der Waals surface area contributed by atoms with Gasteiger partial charge in [-0.25, -0.2) is 0 Å². The summed E-state index contributed by atoms with van der Waals surface area (Å²) in [4.78, 5) is 35.3. The number of hydrogen-bond donors (Lipinski definition) is 1. The summed E-state index contributed by atoms with van der Waals surface area (Å²) in [6, 6.07) is 19.3. The van der Waals surface area contributed by atoms with Crippen LogP contribution in [0.2, 0.25) is 0 Å². The topological polar surface area (TPSA) is 98.5 Å². The Morgan fingerprint density at radius 1 is 0.967 bits per heavy atom. The molecule has 3 aromatic rings. The molecule has 0 radical (unpaired) electrons. The zero-order valence-electron chi connectivity index (χ0n) is 16.5. The lowest BCUT2D eigenvalue weighted by Crippen LogP contribution is -2.24. The second-order valence-corrected chi connectivity index (χ2v) is 6.78. The molecule has 0 aliphatic carbocycles. The van der Waals surface area contributed by atoms with Gasteiger partial charge in [0.05, 0.1) is 4.92 Å². The van der Waals surface area contributed by atoms with Gasteiger partial charge in [-0.1, -0.05) is 42.0 Å². The molecule has 30 heavy (non-hydrogen) atoms. The van der Waals surface area contributed by atoms with Crippen LogP contribution in [0.3, 0.4) is 0 Å². The third-order valence-electron chi connectivity index (χ3n) is 4.43. The highest BCUT2D eigenvalue weighted by Crippen LogP contribution is 2.21. The molecule has 3 aromatic carbocycles. The molecule has 0 aliphatic rings. The number of ketones is 1. The van der Waals surface area contributed by atoms with E-state index in [9.17, 15) is 19.7 Å². The normalized spacial score (nSPS) is 11.4. The fourth-order valence-corrected chi connectivity index (χ4v) is 2.82. The average Bonchev–Trinajstić information content (AvgIpc) is 2.74.